The first-order valence-corrected chi connectivity index (χ1v) is 8.13. The van der Waals surface area contributed by atoms with E-state index in [-0.39, 0.29) is 23.1 Å². The lowest BCUT2D eigenvalue weighted by Crippen LogP contribution is -2.17. The van der Waals surface area contributed by atoms with E-state index in [1.807, 2.05) is 6.92 Å². The number of hydrogen-bond acceptors (Lipinski definition) is 6. The van der Waals surface area contributed by atoms with Crippen molar-refractivity contribution < 1.29 is 19.4 Å². The average Bonchev–Trinajstić information content (AvgIpc) is 2.55. The number of benzene rings is 1. The molecule has 25 heavy (non-hydrogen) atoms. The van der Waals surface area contributed by atoms with Gasteiger partial charge in [0.15, 0.2) is 0 Å². The highest BCUT2D eigenvalue weighted by atomic mass is 16.6. The van der Waals surface area contributed by atoms with E-state index in [9.17, 15) is 25.0 Å². The molecule has 0 saturated heterocycles. The summed E-state index contributed by atoms with van der Waals surface area (Å²) in [6, 6.07) is 8.17. The standard InChI is InChI=1S/C17H22N2O6/c1-14(8-4-3-7-13-18(21)22)11-12-16(19(23)24)17(20)25-15-9-5-2-6-10-15/h2,5-6,9-10,12,14H,3-4,7-8,11,13H2,1H3/b16-12-. The number of nitro groups is 2. The fourth-order valence-electron chi connectivity index (χ4n) is 2.22. The predicted octanol–water partition coefficient (Wildman–Crippen LogP) is 3.62. The molecule has 8 heteroatoms. The van der Waals surface area contributed by atoms with Crippen molar-refractivity contribution in [1.29, 1.82) is 0 Å². The molecule has 1 aromatic carbocycles. The molecule has 0 aromatic heterocycles. The van der Waals surface area contributed by atoms with Gasteiger partial charge in [0.05, 0.1) is 4.92 Å². The van der Waals surface area contributed by atoms with Gasteiger partial charge in [0, 0.05) is 17.4 Å². The van der Waals surface area contributed by atoms with Crippen molar-refractivity contribution in [3.63, 3.8) is 0 Å². The van der Waals surface area contributed by atoms with Crippen molar-refractivity contribution in [1.82, 2.24) is 0 Å². The van der Waals surface area contributed by atoms with Crippen molar-refractivity contribution in [3.8, 4) is 5.75 Å². The van der Waals surface area contributed by atoms with E-state index in [2.05, 4.69) is 0 Å². The first-order chi connectivity index (χ1) is 11.9. The van der Waals surface area contributed by atoms with Gasteiger partial charge < -0.3 is 4.74 Å². The lowest BCUT2D eigenvalue weighted by molar-refractivity contribution is -0.480. The molecule has 136 valence electrons. The van der Waals surface area contributed by atoms with Crippen LogP contribution in [0.2, 0.25) is 0 Å². The third-order valence-corrected chi connectivity index (χ3v) is 3.61. The second kappa shape index (κ2) is 10.9. The Hall–Kier alpha value is -2.77. The summed E-state index contributed by atoms with van der Waals surface area (Å²) < 4.78 is 4.99. The number of ether oxygens (including phenoxy) is 1. The summed E-state index contributed by atoms with van der Waals surface area (Å²) >= 11 is 0. The molecule has 0 aliphatic rings. The van der Waals surface area contributed by atoms with E-state index >= 15 is 0 Å². The van der Waals surface area contributed by atoms with Gasteiger partial charge in [0.1, 0.15) is 5.75 Å². The summed E-state index contributed by atoms with van der Waals surface area (Å²) in [5.41, 5.74) is -0.580. The Morgan fingerprint density at radius 2 is 1.84 bits per heavy atom. The summed E-state index contributed by atoms with van der Waals surface area (Å²) in [4.78, 5) is 32.2. The summed E-state index contributed by atoms with van der Waals surface area (Å²) in [5.74, 6) is -0.608. The Kier molecular flexibility index (Phi) is 8.84. The highest BCUT2D eigenvalue weighted by Crippen LogP contribution is 2.16. The van der Waals surface area contributed by atoms with Crippen LogP contribution in [0.4, 0.5) is 0 Å². The normalized spacial score (nSPS) is 12.4. The molecule has 1 aromatic rings. The average molecular weight is 350 g/mol. The number of carbonyl (C=O) groups is 1. The Bertz CT molecular complexity index is 615. The lowest BCUT2D eigenvalue weighted by atomic mass is 9.99. The SMILES string of the molecule is CC(C/C=C(/C(=O)Oc1ccccc1)[N+](=O)[O-])CCCCC[N+](=O)[O-]. The summed E-state index contributed by atoms with van der Waals surface area (Å²) in [5, 5.41) is 21.3. The minimum absolute atomic E-state index is 0.0366. The highest BCUT2D eigenvalue weighted by molar-refractivity contribution is 5.87. The van der Waals surface area contributed by atoms with Gasteiger partial charge in [-0.05, 0) is 30.9 Å². The summed E-state index contributed by atoms with van der Waals surface area (Å²) in [7, 11) is 0. The summed E-state index contributed by atoms with van der Waals surface area (Å²) in [6.07, 6.45) is 4.52. The maximum absolute atomic E-state index is 11.9. The summed E-state index contributed by atoms with van der Waals surface area (Å²) in [6.45, 7) is 1.88. The van der Waals surface area contributed by atoms with Gasteiger partial charge in [-0.3, -0.25) is 20.2 Å². The maximum Gasteiger partial charge on any atom is 0.414 e. The molecule has 1 unspecified atom stereocenters. The fraction of sp³-hybridized carbons (Fsp3) is 0.471. The topological polar surface area (TPSA) is 113 Å². The minimum Gasteiger partial charge on any atom is -0.418 e. The molecule has 1 atom stereocenters. The van der Waals surface area contributed by atoms with E-state index in [1.165, 1.54) is 6.08 Å². The van der Waals surface area contributed by atoms with Crippen LogP contribution < -0.4 is 4.74 Å². The highest BCUT2D eigenvalue weighted by Gasteiger charge is 2.24. The largest absolute Gasteiger partial charge is 0.418 e. The molecule has 0 heterocycles. The molecule has 1 rings (SSSR count). The molecular weight excluding hydrogens is 328 g/mol. The molecule has 0 aliphatic carbocycles. The van der Waals surface area contributed by atoms with Crippen LogP contribution in [-0.2, 0) is 4.79 Å². The van der Waals surface area contributed by atoms with Gasteiger partial charge in [-0.25, -0.2) is 4.79 Å². The van der Waals surface area contributed by atoms with Crippen molar-refractivity contribution in [2.45, 2.75) is 39.0 Å². The number of para-hydroxylation sites is 1. The van der Waals surface area contributed by atoms with Gasteiger partial charge >= 0.3 is 11.7 Å². The number of esters is 1. The molecule has 0 spiro atoms. The van der Waals surface area contributed by atoms with Gasteiger partial charge in [-0.1, -0.05) is 38.0 Å². The molecule has 0 radical (unpaired) electrons. The van der Waals surface area contributed by atoms with Crippen LogP contribution in [0.3, 0.4) is 0 Å². The molecule has 0 N–H and O–H groups in total. The van der Waals surface area contributed by atoms with Crippen molar-refractivity contribution in [2.75, 3.05) is 6.54 Å². The van der Waals surface area contributed by atoms with Gasteiger partial charge in [0.25, 0.3) is 0 Å². The zero-order valence-electron chi connectivity index (χ0n) is 14.1. The van der Waals surface area contributed by atoms with Crippen LogP contribution in [-0.4, -0.2) is 22.4 Å². The Morgan fingerprint density at radius 1 is 1.16 bits per heavy atom. The molecule has 0 fully saturated rings. The van der Waals surface area contributed by atoms with Crippen LogP contribution >= 0.6 is 0 Å². The molecule has 8 nitrogen and oxygen atoms in total. The Balaban J connectivity index is 2.47. The molecule has 0 bridgehead atoms. The van der Waals surface area contributed by atoms with Crippen LogP contribution in [0.1, 0.15) is 39.0 Å². The van der Waals surface area contributed by atoms with Gasteiger partial charge in [-0.2, -0.15) is 0 Å². The van der Waals surface area contributed by atoms with E-state index < -0.39 is 16.6 Å². The van der Waals surface area contributed by atoms with Gasteiger partial charge in [-0.15, -0.1) is 0 Å². The zero-order chi connectivity index (χ0) is 18.7. The smallest absolute Gasteiger partial charge is 0.414 e. The molecular formula is C17H22N2O6. The second-order valence-corrected chi connectivity index (χ2v) is 5.80. The van der Waals surface area contributed by atoms with Gasteiger partial charge in [0.2, 0.25) is 6.54 Å². The van der Waals surface area contributed by atoms with Crippen LogP contribution in [0, 0.1) is 26.1 Å². The number of nitrogens with zero attached hydrogens (tertiary/aromatic N) is 2. The first kappa shape index (κ1) is 20.3. The monoisotopic (exact) mass is 350 g/mol. The Labute approximate surface area is 145 Å². The first-order valence-electron chi connectivity index (χ1n) is 8.13. The number of unbranched alkanes of at least 4 members (excludes halogenated alkanes) is 2. The molecule has 0 aliphatic heterocycles. The van der Waals surface area contributed by atoms with E-state index in [0.717, 1.165) is 19.3 Å². The number of hydrogen-bond donors (Lipinski definition) is 0. The third kappa shape index (κ3) is 8.59. The third-order valence-electron chi connectivity index (χ3n) is 3.61. The fourth-order valence-corrected chi connectivity index (χ4v) is 2.22. The van der Waals surface area contributed by atoms with E-state index in [1.54, 1.807) is 30.3 Å². The molecule has 0 amide bonds. The number of carbonyl (C=O) groups excluding carboxylic acids is 1. The molecule has 0 saturated carbocycles. The predicted molar refractivity (Wildman–Crippen MR) is 91.3 cm³/mol. The quantitative estimate of drug-likeness (QED) is 0.150. The minimum atomic E-state index is -0.991. The zero-order valence-corrected chi connectivity index (χ0v) is 14.1. The van der Waals surface area contributed by atoms with E-state index in [4.69, 9.17) is 4.74 Å². The number of rotatable bonds is 11. The van der Waals surface area contributed by atoms with Crippen molar-refractivity contribution >= 4 is 5.97 Å². The van der Waals surface area contributed by atoms with Crippen molar-refractivity contribution in [2.24, 2.45) is 5.92 Å². The van der Waals surface area contributed by atoms with E-state index in [0.29, 0.717) is 12.8 Å². The second-order valence-electron chi connectivity index (χ2n) is 5.80. The van der Waals surface area contributed by atoms with Crippen LogP contribution in [0.5, 0.6) is 5.75 Å². The van der Waals surface area contributed by atoms with Crippen molar-refractivity contribution in [3.05, 3.63) is 62.3 Å². The van der Waals surface area contributed by atoms with Crippen LogP contribution in [0.15, 0.2) is 42.1 Å². The maximum atomic E-state index is 11.9. The number of allylic oxidation sites excluding steroid dienone is 1. The Morgan fingerprint density at radius 3 is 2.44 bits per heavy atom. The lowest BCUT2D eigenvalue weighted by Gasteiger charge is -2.08. The van der Waals surface area contributed by atoms with Crippen LogP contribution in [0.25, 0.3) is 0 Å².